The Morgan fingerprint density at radius 2 is 2.07 bits per heavy atom. The summed E-state index contributed by atoms with van der Waals surface area (Å²) < 4.78 is 13.5. The van der Waals surface area contributed by atoms with E-state index in [0.717, 1.165) is 0 Å². The third-order valence-corrected chi connectivity index (χ3v) is 1.16. The van der Waals surface area contributed by atoms with E-state index in [1.54, 1.807) is 6.92 Å². The van der Waals surface area contributed by atoms with Crippen LogP contribution in [0.15, 0.2) is 0 Å². The molecule has 5 heteroatoms. The summed E-state index contributed by atoms with van der Waals surface area (Å²) in [5.41, 5.74) is 0. The average molecular weight is 200 g/mol. The molecule has 0 aliphatic rings. The first-order valence-electron chi connectivity index (χ1n) is 4.05. The van der Waals surface area contributed by atoms with Crippen molar-refractivity contribution in [3.8, 4) is 12.3 Å². The molecule has 0 bridgehead atoms. The molecule has 14 heavy (non-hydrogen) atoms. The van der Waals surface area contributed by atoms with Gasteiger partial charge >= 0.3 is 12.1 Å². The minimum atomic E-state index is -0.986. The highest BCUT2D eigenvalue weighted by Crippen LogP contribution is 1.97. The fraction of sp³-hybridized carbons (Fsp3) is 0.556. The molecular formula is C9H12O5. The maximum absolute atomic E-state index is 11.0. The number of carbonyl (C=O) groups is 2. The maximum atomic E-state index is 11.0. The molecule has 78 valence electrons. The topological polar surface area (TPSA) is 61.8 Å². The molecule has 0 aliphatic carbocycles. The fourth-order valence-electron chi connectivity index (χ4n) is 0.587. The highest BCUT2D eigenvalue weighted by molar-refractivity contribution is 5.76. The van der Waals surface area contributed by atoms with Gasteiger partial charge in [-0.1, -0.05) is 5.92 Å². The summed E-state index contributed by atoms with van der Waals surface area (Å²) in [6.07, 6.45) is 2.87. The van der Waals surface area contributed by atoms with Gasteiger partial charge in [0.05, 0.1) is 6.61 Å². The molecule has 5 nitrogen and oxygen atoms in total. The number of esters is 1. The zero-order valence-electron chi connectivity index (χ0n) is 8.11. The standard InChI is InChI=1S/C9H12O5/c1-4-6-13-9(11)14-7(3)8(10)12-5-2/h1,7H,5-6H2,2-3H3. The number of terminal acetylenes is 1. The Balaban J connectivity index is 3.82. The average Bonchev–Trinajstić information content (AvgIpc) is 2.15. The van der Waals surface area contributed by atoms with E-state index in [-0.39, 0.29) is 13.2 Å². The van der Waals surface area contributed by atoms with Crippen LogP contribution in [0.2, 0.25) is 0 Å². The van der Waals surface area contributed by atoms with Crippen molar-refractivity contribution in [3.63, 3.8) is 0 Å². The first-order valence-corrected chi connectivity index (χ1v) is 4.05. The molecular weight excluding hydrogens is 188 g/mol. The highest BCUT2D eigenvalue weighted by Gasteiger charge is 2.19. The Hall–Kier alpha value is -1.70. The molecule has 0 spiro atoms. The second-order valence-corrected chi connectivity index (χ2v) is 2.25. The van der Waals surface area contributed by atoms with Crippen molar-refractivity contribution in [1.82, 2.24) is 0 Å². The molecule has 0 aromatic heterocycles. The quantitative estimate of drug-likeness (QED) is 0.494. The Bertz CT molecular complexity index is 240. The minimum absolute atomic E-state index is 0.186. The predicted octanol–water partition coefficient (Wildman–Crippen LogP) is 0.724. The first-order chi connectivity index (χ1) is 6.61. The number of hydrogen-bond acceptors (Lipinski definition) is 5. The summed E-state index contributed by atoms with van der Waals surface area (Å²) in [7, 11) is 0. The summed E-state index contributed by atoms with van der Waals surface area (Å²) in [5, 5.41) is 0. The van der Waals surface area contributed by atoms with E-state index in [0.29, 0.717) is 0 Å². The molecule has 0 N–H and O–H groups in total. The Labute approximate surface area is 82.3 Å². The summed E-state index contributed by atoms with van der Waals surface area (Å²) in [6, 6.07) is 0. The van der Waals surface area contributed by atoms with Crippen molar-refractivity contribution in [2.24, 2.45) is 0 Å². The van der Waals surface area contributed by atoms with Crippen LogP contribution in [0.1, 0.15) is 13.8 Å². The molecule has 0 aromatic rings. The fourth-order valence-corrected chi connectivity index (χ4v) is 0.587. The van der Waals surface area contributed by atoms with Crippen molar-refractivity contribution in [1.29, 1.82) is 0 Å². The highest BCUT2D eigenvalue weighted by atomic mass is 16.7. The van der Waals surface area contributed by atoms with Crippen LogP contribution in [-0.4, -0.2) is 31.4 Å². The van der Waals surface area contributed by atoms with E-state index >= 15 is 0 Å². The van der Waals surface area contributed by atoms with Gasteiger partial charge in [-0.15, -0.1) is 6.42 Å². The molecule has 0 radical (unpaired) electrons. The SMILES string of the molecule is C#CCOC(=O)OC(C)C(=O)OCC. The lowest BCUT2D eigenvalue weighted by Crippen LogP contribution is -2.26. The van der Waals surface area contributed by atoms with E-state index in [1.807, 2.05) is 0 Å². The Kier molecular flexibility index (Phi) is 5.95. The largest absolute Gasteiger partial charge is 0.510 e. The van der Waals surface area contributed by atoms with E-state index < -0.39 is 18.2 Å². The predicted molar refractivity (Wildman–Crippen MR) is 47.4 cm³/mol. The first kappa shape index (κ1) is 12.3. The summed E-state index contributed by atoms with van der Waals surface area (Å²) in [6.45, 7) is 3.08. The van der Waals surface area contributed by atoms with Crippen LogP contribution in [0.25, 0.3) is 0 Å². The molecule has 0 heterocycles. The van der Waals surface area contributed by atoms with Crippen LogP contribution in [0, 0.1) is 12.3 Å². The van der Waals surface area contributed by atoms with Crippen molar-refractivity contribution < 1.29 is 23.8 Å². The van der Waals surface area contributed by atoms with Crippen molar-refractivity contribution in [2.45, 2.75) is 20.0 Å². The third-order valence-electron chi connectivity index (χ3n) is 1.16. The van der Waals surface area contributed by atoms with Gasteiger partial charge in [0, 0.05) is 0 Å². The van der Waals surface area contributed by atoms with Gasteiger partial charge in [0.1, 0.15) is 0 Å². The molecule has 0 rings (SSSR count). The van der Waals surface area contributed by atoms with Crippen LogP contribution in [-0.2, 0) is 19.0 Å². The molecule has 0 saturated heterocycles. The lowest BCUT2D eigenvalue weighted by atomic mass is 10.4. The second-order valence-electron chi connectivity index (χ2n) is 2.25. The Morgan fingerprint density at radius 3 is 2.57 bits per heavy atom. The molecule has 0 saturated carbocycles. The van der Waals surface area contributed by atoms with Gasteiger partial charge in [0.2, 0.25) is 0 Å². The normalized spacial score (nSPS) is 10.9. The van der Waals surface area contributed by atoms with Crippen molar-refractivity contribution >= 4 is 12.1 Å². The van der Waals surface area contributed by atoms with Gasteiger partial charge in [0.15, 0.2) is 12.7 Å². The molecule has 0 fully saturated rings. The number of rotatable bonds is 4. The van der Waals surface area contributed by atoms with Gasteiger partial charge < -0.3 is 14.2 Å². The number of ether oxygens (including phenoxy) is 3. The van der Waals surface area contributed by atoms with Gasteiger partial charge in [0.25, 0.3) is 0 Å². The van der Waals surface area contributed by atoms with E-state index in [2.05, 4.69) is 20.1 Å². The van der Waals surface area contributed by atoms with Crippen LogP contribution in [0.5, 0.6) is 0 Å². The number of hydrogen-bond donors (Lipinski definition) is 0. The van der Waals surface area contributed by atoms with Crippen LogP contribution in [0.3, 0.4) is 0 Å². The minimum Gasteiger partial charge on any atom is -0.463 e. The molecule has 0 amide bonds. The summed E-state index contributed by atoms with van der Waals surface area (Å²) in [5.74, 6) is 1.47. The van der Waals surface area contributed by atoms with Gasteiger partial charge in [-0.05, 0) is 13.8 Å². The van der Waals surface area contributed by atoms with Gasteiger partial charge in [-0.25, -0.2) is 9.59 Å². The zero-order chi connectivity index (χ0) is 11.0. The third kappa shape index (κ3) is 5.04. The zero-order valence-corrected chi connectivity index (χ0v) is 8.11. The smallest absolute Gasteiger partial charge is 0.463 e. The Morgan fingerprint density at radius 1 is 1.43 bits per heavy atom. The maximum Gasteiger partial charge on any atom is 0.510 e. The molecule has 0 aromatic carbocycles. The summed E-state index contributed by atoms with van der Waals surface area (Å²) >= 11 is 0. The van der Waals surface area contributed by atoms with E-state index in [9.17, 15) is 9.59 Å². The van der Waals surface area contributed by atoms with Crippen LogP contribution >= 0.6 is 0 Å². The van der Waals surface area contributed by atoms with E-state index in [4.69, 9.17) is 6.42 Å². The van der Waals surface area contributed by atoms with E-state index in [1.165, 1.54) is 6.92 Å². The van der Waals surface area contributed by atoms with Crippen molar-refractivity contribution in [3.05, 3.63) is 0 Å². The van der Waals surface area contributed by atoms with Gasteiger partial charge in [-0.3, -0.25) is 0 Å². The number of carbonyl (C=O) groups excluding carboxylic acids is 2. The molecule has 0 aliphatic heterocycles. The lowest BCUT2D eigenvalue weighted by molar-refractivity contribution is -0.153. The van der Waals surface area contributed by atoms with Crippen LogP contribution in [0.4, 0.5) is 4.79 Å². The summed E-state index contributed by atoms with van der Waals surface area (Å²) in [4.78, 5) is 21.7. The molecule has 1 unspecified atom stereocenters. The second kappa shape index (κ2) is 6.78. The van der Waals surface area contributed by atoms with Crippen LogP contribution < -0.4 is 0 Å². The monoisotopic (exact) mass is 200 g/mol. The lowest BCUT2D eigenvalue weighted by Gasteiger charge is -2.10. The van der Waals surface area contributed by atoms with Crippen molar-refractivity contribution in [2.75, 3.05) is 13.2 Å². The molecule has 1 atom stereocenters. The van der Waals surface area contributed by atoms with Gasteiger partial charge in [-0.2, -0.15) is 0 Å².